The van der Waals surface area contributed by atoms with Gasteiger partial charge in [-0.25, -0.2) is 8.42 Å². The van der Waals surface area contributed by atoms with Gasteiger partial charge in [0, 0.05) is 34.0 Å². The summed E-state index contributed by atoms with van der Waals surface area (Å²) in [6.45, 7) is 6.79. The number of fused-ring (bicyclic) bond motifs is 3. The lowest BCUT2D eigenvalue weighted by Gasteiger charge is -2.15. The highest BCUT2D eigenvalue weighted by atomic mass is 32.2. The van der Waals surface area contributed by atoms with Crippen LogP contribution >= 0.6 is 0 Å². The Hall–Kier alpha value is -3.36. The second-order valence-corrected chi connectivity index (χ2v) is 9.44. The normalized spacial score (nSPS) is 12.7. The van der Waals surface area contributed by atoms with E-state index in [4.69, 9.17) is 4.74 Å². The molecule has 0 radical (unpaired) electrons. The van der Waals surface area contributed by atoms with Crippen LogP contribution in [0.5, 0.6) is 5.75 Å². The molecule has 8 heteroatoms. The predicted octanol–water partition coefficient (Wildman–Crippen LogP) is 4.52. The summed E-state index contributed by atoms with van der Waals surface area (Å²) in [5.74, 6) is 0.144. The van der Waals surface area contributed by atoms with Crippen molar-refractivity contribution < 1.29 is 17.9 Å². The maximum atomic E-state index is 12.8. The van der Waals surface area contributed by atoms with Crippen molar-refractivity contribution in [3.63, 3.8) is 0 Å². The number of para-hydroxylation sites is 1. The average Bonchev–Trinajstić information content (AvgIpc) is 3.12. The monoisotopic (exact) mass is 465 g/mol. The standard InChI is InChI=1S/C25H27N3O4S/c1-4-28-23-9-7-6-8-21(23)22-16-18(10-15-24(22)28)26-25(29)17(3)27-33(30,31)20-13-11-19(12-14-20)32-5-2/h6-17,27H,4-5H2,1-3H3,(H,26,29)/t17-/m0/s1. The van der Waals surface area contributed by atoms with Crippen molar-refractivity contribution in [2.45, 2.75) is 38.3 Å². The number of sulfonamides is 1. The van der Waals surface area contributed by atoms with E-state index in [1.807, 2.05) is 37.3 Å². The van der Waals surface area contributed by atoms with E-state index in [9.17, 15) is 13.2 Å². The fourth-order valence-corrected chi connectivity index (χ4v) is 5.16. The molecule has 0 aliphatic rings. The first-order valence-electron chi connectivity index (χ1n) is 10.9. The van der Waals surface area contributed by atoms with Gasteiger partial charge in [-0.15, -0.1) is 0 Å². The van der Waals surface area contributed by atoms with E-state index in [0.717, 1.165) is 28.4 Å². The number of hydrogen-bond acceptors (Lipinski definition) is 4. The minimum absolute atomic E-state index is 0.0689. The molecule has 0 spiro atoms. The van der Waals surface area contributed by atoms with Gasteiger partial charge in [-0.1, -0.05) is 18.2 Å². The van der Waals surface area contributed by atoms with Gasteiger partial charge in [-0.2, -0.15) is 4.72 Å². The van der Waals surface area contributed by atoms with Gasteiger partial charge in [0.1, 0.15) is 5.75 Å². The van der Waals surface area contributed by atoms with Crippen LogP contribution in [-0.2, 0) is 21.4 Å². The first kappa shape index (κ1) is 22.8. The number of hydrogen-bond donors (Lipinski definition) is 2. The summed E-state index contributed by atoms with van der Waals surface area (Å²) in [6, 6.07) is 19.0. The lowest BCUT2D eigenvalue weighted by atomic mass is 10.1. The number of aryl methyl sites for hydroxylation is 1. The minimum Gasteiger partial charge on any atom is -0.494 e. The fraction of sp³-hybridized carbons (Fsp3) is 0.240. The average molecular weight is 466 g/mol. The Kier molecular flexibility index (Phi) is 6.40. The molecule has 0 unspecified atom stereocenters. The molecule has 2 N–H and O–H groups in total. The molecular formula is C25H27N3O4S. The van der Waals surface area contributed by atoms with Gasteiger partial charge < -0.3 is 14.6 Å². The summed E-state index contributed by atoms with van der Waals surface area (Å²) in [5.41, 5.74) is 2.83. The molecule has 3 aromatic carbocycles. The van der Waals surface area contributed by atoms with Crippen molar-refractivity contribution >= 4 is 43.4 Å². The zero-order chi connectivity index (χ0) is 23.6. The van der Waals surface area contributed by atoms with Crippen LogP contribution in [0.4, 0.5) is 5.69 Å². The number of carbonyl (C=O) groups is 1. The highest BCUT2D eigenvalue weighted by Crippen LogP contribution is 2.31. The van der Waals surface area contributed by atoms with Gasteiger partial charge in [0.2, 0.25) is 15.9 Å². The summed E-state index contributed by atoms with van der Waals surface area (Å²) >= 11 is 0. The number of nitrogens with one attached hydrogen (secondary N) is 2. The van der Waals surface area contributed by atoms with Crippen LogP contribution in [0.2, 0.25) is 0 Å². The van der Waals surface area contributed by atoms with E-state index in [1.165, 1.54) is 19.1 Å². The van der Waals surface area contributed by atoms with Crippen LogP contribution in [0.25, 0.3) is 21.8 Å². The van der Waals surface area contributed by atoms with Crippen LogP contribution in [-0.4, -0.2) is 31.5 Å². The second kappa shape index (κ2) is 9.25. The molecule has 172 valence electrons. The van der Waals surface area contributed by atoms with Gasteiger partial charge >= 0.3 is 0 Å². The quantitative estimate of drug-likeness (QED) is 0.400. The lowest BCUT2D eigenvalue weighted by Crippen LogP contribution is -2.41. The number of nitrogens with zero attached hydrogens (tertiary/aromatic N) is 1. The Morgan fingerprint density at radius 1 is 0.970 bits per heavy atom. The molecule has 1 aromatic heterocycles. The number of anilines is 1. The van der Waals surface area contributed by atoms with E-state index in [0.29, 0.717) is 18.0 Å². The molecule has 0 saturated carbocycles. The van der Waals surface area contributed by atoms with Crippen molar-refractivity contribution in [2.24, 2.45) is 0 Å². The van der Waals surface area contributed by atoms with Crippen LogP contribution in [0.15, 0.2) is 71.6 Å². The van der Waals surface area contributed by atoms with Crippen molar-refractivity contribution in [3.8, 4) is 5.75 Å². The zero-order valence-electron chi connectivity index (χ0n) is 18.8. The van der Waals surface area contributed by atoms with Gasteiger partial charge in [0.15, 0.2) is 0 Å². The Morgan fingerprint density at radius 3 is 2.36 bits per heavy atom. The van der Waals surface area contributed by atoms with E-state index in [2.05, 4.69) is 33.7 Å². The van der Waals surface area contributed by atoms with Crippen LogP contribution in [0, 0.1) is 0 Å². The highest BCUT2D eigenvalue weighted by Gasteiger charge is 2.22. The smallest absolute Gasteiger partial charge is 0.242 e. The topological polar surface area (TPSA) is 89.4 Å². The maximum absolute atomic E-state index is 12.8. The molecule has 0 aliphatic heterocycles. The fourth-order valence-electron chi connectivity index (χ4n) is 3.96. The van der Waals surface area contributed by atoms with E-state index < -0.39 is 22.0 Å². The van der Waals surface area contributed by atoms with Crippen molar-refractivity contribution in [1.29, 1.82) is 0 Å². The summed E-state index contributed by atoms with van der Waals surface area (Å²) in [4.78, 5) is 12.8. The third kappa shape index (κ3) is 4.58. The van der Waals surface area contributed by atoms with Gasteiger partial charge in [0.25, 0.3) is 0 Å². The molecule has 0 fully saturated rings. The number of carbonyl (C=O) groups excluding carboxylic acids is 1. The molecule has 0 aliphatic carbocycles. The Labute approximate surface area is 193 Å². The van der Waals surface area contributed by atoms with Crippen LogP contribution in [0.3, 0.4) is 0 Å². The van der Waals surface area contributed by atoms with E-state index in [1.54, 1.807) is 12.1 Å². The van der Waals surface area contributed by atoms with Gasteiger partial charge in [0.05, 0.1) is 17.5 Å². The Bertz CT molecular complexity index is 1410. The third-order valence-electron chi connectivity index (χ3n) is 5.53. The minimum atomic E-state index is -3.86. The number of benzene rings is 3. The van der Waals surface area contributed by atoms with Gasteiger partial charge in [-0.05, 0) is 69.3 Å². The third-order valence-corrected chi connectivity index (χ3v) is 7.08. The lowest BCUT2D eigenvalue weighted by molar-refractivity contribution is -0.117. The van der Waals surface area contributed by atoms with Crippen molar-refractivity contribution in [2.75, 3.05) is 11.9 Å². The first-order chi connectivity index (χ1) is 15.8. The summed E-state index contributed by atoms with van der Waals surface area (Å²) in [6.07, 6.45) is 0. The summed E-state index contributed by atoms with van der Waals surface area (Å²) < 4.78 is 35.4. The van der Waals surface area contributed by atoms with Crippen molar-refractivity contribution in [3.05, 3.63) is 66.7 Å². The predicted molar refractivity (Wildman–Crippen MR) is 131 cm³/mol. The van der Waals surface area contributed by atoms with Gasteiger partial charge in [-0.3, -0.25) is 4.79 Å². The van der Waals surface area contributed by atoms with E-state index in [-0.39, 0.29) is 4.90 Å². The second-order valence-electron chi connectivity index (χ2n) is 7.73. The number of amides is 1. The maximum Gasteiger partial charge on any atom is 0.242 e. The SMILES string of the molecule is CCOc1ccc(S(=O)(=O)N[C@@H](C)C(=O)Nc2ccc3c(c2)c2ccccc2n3CC)cc1. The van der Waals surface area contributed by atoms with Crippen LogP contribution < -0.4 is 14.8 Å². The van der Waals surface area contributed by atoms with E-state index >= 15 is 0 Å². The molecule has 0 bridgehead atoms. The number of rotatable bonds is 8. The largest absolute Gasteiger partial charge is 0.494 e. The molecular weight excluding hydrogens is 438 g/mol. The number of aromatic nitrogens is 1. The van der Waals surface area contributed by atoms with Crippen LogP contribution in [0.1, 0.15) is 20.8 Å². The molecule has 4 aromatic rings. The summed E-state index contributed by atoms with van der Waals surface area (Å²) in [7, 11) is -3.86. The summed E-state index contributed by atoms with van der Waals surface area (Å²) in [5, 5.41) is 4.97. The Morgan fingerprint density at radius 2 is 1.67 bits per heavy atom. The first-order valence-corrected chi connectivity index (χ1v) is 12.4. The Balaban J connectivity index is 1.52. The molecule has 1 atom stereocenters. The van der Waals surface area contributed by atoms with Crippen molar-refractivity contribution in [1.82, 2.24) is 9.29 Å². The molecule has 4 rings (SSSR count). The zero-order valence-corrected chi connectivity index (χ0v) is 19.6. The molecule has 0 saturated heterocycles. The molecule has 7 nitrogen and oxygen atoms in total. The number of ether oxygens (including phenoxy) is 1. The molecule has 1 amide bonds. The highest BCUT2D eigenvalue weighted by molar-refractivity contribution is 7.89. The molecule has 33 heavy (non-hydrogen) atoms. The molecule has 1 heterocycles.